The Labute approximate surface area is 93.6 Å². The van der Waals surface area contributed by atoms with Crippen molar-refractivity contribution in [3.05, 3.63) is 41.7 Å². The Balaban J connectivity index is 2.33. The van der Waals surface area contributed by atoms with E-state index in [-0.39, 0.29) is 0 Å². The molecular formula is C12H14FNO2. The van der Waals surface area contributed by atoms with E-state index in [1.54, 1.807) is 6.92 Å². The van der Waals surface area contributed by atoms with E-state index in [0.717, 1.165) is 19.0 Å². The third-order valence-electron chi connectivity index (χ3n) is 2.68. The summed E-state index contributed by atoms with van der Waals surface area (Å²) in [6, 6.07) is 1.27. The Morgan fingerprint density at radius 2 is 2.31 bits per heavy atom. The first-order valence-electron chi connectivity index (χ1n) is 5.27. The summed E-state index contributed by atoms with van der Waals surface area (Å²) in [5, 5.41) is 10.3. The molecule has 1 aromatic heterocycles. The van der Waals surface area contributed by atoms with E-state index in [9.17, 15) is 9.50 Å². The molecule has 4 heteroatoms. The van der Waals surface area contributed by atoms with Crippen LogP contribution in [0.3, 0.4) is 0 Å². The van der Waals surface area contributed by atoms with Gasteiger partial charge in [0.05, 0.1) is 12.8 Å². The lowest BCUT2D eigenvalue weighted by atomic mass is 9.93. The fourth-order valence-electron chi connectivity index (χ4n) is 1.72. The van der Waals surface area contributed by atoms with Crippen molar-refractivity contribution in [1.82, 2.24) is 4.98 Å². The normalized spacial score (nSPS) is 19.6. The Bertz CT molecular complexity index is 415. The molecule has 1 aliphatic rings. The summed E-state index contributed by atoms with van der Waals surface area (Å²) in [6.07, 6.45) is 6.21. The minimum absolute atomic E-state index is 0.403. The van der Waals surface area contributed by atoms with Gasteiger partial charge in [0.25, 0.3) is 0 Å². The van der Waals surface area contributed by atoms with Gasteiger partial charge in [-0.2, -0.15) is 0 Å². The Morgan fingerprint density at radius 1 is 1.50 bits per heavy atom. The predicted molar refractivity (Wildman–Crippen MR) is 57.0 cm³/mol. The quantitative estimate of drug-likeness (QED) is 0.835. The summed E-state index contributed by atoms with van der Waals surface area (Å²) in [7, 11) is 0. The van der Waals surface area contributed by atoms with Gasteiger partial charge >= 0.3 is 0 Å². The molecule has 1 atom stereocenters. The van der Waals surface area contributed by atoms with Gasteiger partial charge in [0.1, 0.15) is 17.2 Å². The highest BCUT2D eigenvalue weighted by atomic mass is 19.1. The summed E-state index contributed by atoms with van der Waals surface area (Å²) in [6.45, 7) is 2.17. The third-order valence-corrected chi connectivity index (χ3v) is 2.68. The van der Waals surface area contributed by atoms with E-state index in [1.807, 2.05) is 6.08 Å². The molecule has 0 aromatic carbocycles. The fraction of sp³-hybridized carbons (Fsp3) is 0.417. The second-order valence-corrected chi connectivity index (χ2v) is 4.02. The summed E-state index contributed by atoms with van der Waals surface area (Å²) in [5.41, 5.74) is -0.907. The minimum Gasteiger partial charge on any atom is -0.495 e. The van der Waals surface area contributed by atoms with Crippen LogP contribution in [0.25, 0.3) is 0 Å². The highest BCUT2D eigenvalue weighted by Crippen LogP contribution is 2.31. The minimum atomic E-state index is -1.31. The molecule has 0 aliphatic carbocycles. The zero-order chi connectivity index (χ0) is 11.6. The zero-order valence-corrected chi connectivity index (χ0v) is 9.11. The van der Waals surface area contributed by atoms with Crippen molar-refractivity contribution < 1.29 is 14.2 Å². The van der Waals surface area contributed by atoms with E-state index < -0.39 is 11.4 Å². The van der Waals surface area contributed by atoms with Crippen LogP contribution in [0.2, 0.25) is 0 Å². The van der Waals surface area contributed by atoms with Crippen LogP contribution in [0.4, 0.5) is 4.39 Å². The zero-order valence-electron chi connectivity index (χ0n) is 9.11. The highest BCUT2D eigenvalue weighted by molar-refractivity contribution is 5.27. The first kappa shape index (κ1) is 11.1. The Hall–Kier alpha value is -1.42. The molecule has 1 N–H and O–H groups in total. The lowest BCUT2D eigenvalue weighted by Crippen LogP contribution is -2.27. The first-order valence-corrected chi connectivity index (χ1v) is 5.27. The molecule has 16 heavy (non-hydrogen) atoms. The SMILES string of the molecule is CC(O)(C1=CCCCO1)c1cncc(F)c1. The van der Waals surface area contributed by atoms with Crippen LogP contribution in [-0.4, -0.2) is 16.7 Å². The number of nitrogens with zero attached hydrogens (tertiary/aromatic N) is 1. The summed E-state index contributed by atoms with van der Waals surface area (Å²) >= 11 is 0. The number of rotatable bonds is 2. The molecule has 0 saturated carbocycles. The lowest BCUT2D eigenvalue weighted by molar-refractivity contribution is 0.0145. The molecule has 0 amide bonds. The van der Waals surface area contributed by atoms with Crippen LogP contribution in [0.15, 0.2) is 30.3 Å². The van der Waals surface area contributed by atoms with Gasteiger partial charge in [-0.05, 0) is 31.9 Å². The van der Waals surface area contributed by atoms with Crippen LogP contribution in [0, 0.1) is 5.82 Å². The van der Waals surface area contributed by atoms with Crippen molar-refractivity contribution in [2.75, 3.05) is 6.61 Å². The number of aromatic nitrogens is 1. The van der Waals surface area contributed by atoms with E-state index >= 15 is 0 Å². The van der Waals surface area contributed by atoms with Gasteiger partial charge in [-0.1, -0.05) is 0 Å². The number of aliphatic hydroxyl groups is 1. The van der Waals surface area contributed by atoms with E-state index in [2.05, 4.69) is 4.98 Å². The molecule has 0 spiro atoms. The van der Waals surface area contributed by atoms with E-state index in [4.69, 9.17) is 4.74 Å². The van der Waals surface area contributed by atoms with Crippen molar-refractivity contribution in [3.8, 4) is 0 Å². The molecular weight excluding hydrogens is 209 g/mol. The van der Waals surface area contributed by atoms with Crippen LogP contribution in [0.1, 0.15) is 25.3 Å². The number of pyridine rings is 1. The second-order valence-electron chi connectivity index (χ2n) is 4.02. The van der Waals surface area contributed by atoms with Gasteiger partial charge in [0.2, 0.25) is 0 Å². The van der Waals surface area contributed by atoms with Crippen molar-refractivity contribution in [2.45, 2.75) is 25.4 Å². The molecule has 86 valence electrons. The maximum absolute atomic E-state index is 13.0. The predicted octanol–water partition coefficient (Wildman–Crippen LogP) is 2.12. The number of allylic oxidation sites excluding steroid dienone is 1. The average molecular weight is 223 g/mol. The maximum Gasteiger partial charge on any atom is 0.145 e. The van der Waals surface area contributed by atoms with Gasteiger partial charge in [-0.15, -0.1) is 0 Å². The van der Waals surface area contributed by atoms with Gasteiger partial charge in [0.15, 0.2) is 0 Å². The van der Waals surface area contributed by atoms with Crippen LogP contribution in [0.5, 0.6) is 0 Å². The number of halogens is 1. The largest absolute Gasteiger partial charge is 0.495 e. The second kappa shape index (κ2) is 4.22. The van der Waals surface area contributed by atoms with Crippen LogP contribution < -0.4 is 0 Å². The Kier molecular flexibility index (Phi) is 2.92. The molecule has 0 saturated heterocycles. The lowest BCUT2D eigenvalue weighted by Gasteiger charge is -2.28. The summed E-state index contributed by atoms with van der Waals surface area (Å²) < 4.78 is 18.4. The molecule has 1 unspecified atom stereocenters. The van der Waals surface area contributed by atoms with E-state index in [0.29, 0.717) is 17.9 Å². The number of ether oxygens (including phenoxy) is 1. The molecule has 1 aliphatic heterocycles. The van der Waals surface area contributed by atoms with Gasteiger partial charge in [-0.3, -0.25) is 4.98 Å². The average Bonchev–Trinajstić information content (AvgIpc) is 2.30. The molecule has 3 nitrogen and oxygen atoms in total. The molecule has 0 bridgehead atoms. The number of hydrogen-bond donors (Lipinski definition) is 1. The van der Waals surface area contributed by atoms with Crippen LogP contribution >= 0.6 is 0 Å². The maximum atomic E-state index is 13.0. The van der Waals surface area contributed by atoms with Crippen molar-refractivity contribution in [2.24, 2.45) is 0 Å². The topological polar surface area (TPSA) is 42.4 Å². The van der Waals surface area contributed by atoms with Crippen molar-refractivity contribution in [1.29, 1.82) is 0 Å². The smallest absolute Gasteiger partial charge is 0.145 e. The molecule has 2 rings (SSSR count). The van der Waals surface area contributed by atoms with Crippen LogP contribution in [-0.2, 0) is 10.3 Å². The molecule has 2 heterocycles. The first-order chi connectivity index (χ1) is 7.60. The van der Waals surface area contributed by atoms with Crippen molar-refractivity contribution in [3.63, 3.8) is 0 Å². The third kappa shape index (κ3) is 2.07. The van der Waals surface area contributed by atoms with E-state index in [1.165, 1.54) is 12.3 Å². The van der Waals surface area contributed by atoms with Gasteiger partial charge in [0, 0.05) is 11.8 Å². The number of hydrogen-bond acceptors (Lipinski definition) is 3. The standard InChI is InChI=1S/C12H14FNO2/c1-12(15,11-4-2-3-5-16-11)9-6-10(13)8-14-7-9/h4,6-8,15H,2-3,5H2,1H3. The fourth-order valence-corrected chi connectivity index (χ4v) is 1.72. The van der Waals surface area contributed by atoms with Gasteiger partial charge in [-0.25, -0.2) is 4.39 Å². The van der Waals surface area contributed by atoms with Gasteiger partial charge < -0.3 is 9.84 Å². The monoisotopic (exact) mass is 223 g/mol. The molecule has 0 radical (unpaired) electrons. The Morgan fingerprint density at radius 3 is 2.94 bits per heavy atom. The summed E-state index contributed by atoms with van der Waals surface area (Å²) in [4.78, 5) is 3.73. The summed E-state index contributed by atoms with van der Waals surface area (Å²) in [5.74, 6) is 0.0142. The molecule has 0 fully saturated rings. The van der Waals surface area contributed by atoms with Crippen molar-refractivity contribution >= 4 is 0 Å². The highest BCUT2D eigenvalue weighted by Gasteiger charge is 2.31. The molecule has 1 aromatic rings.